The molecule has 0 saturated heterocycles. The van der Waals surface area contributed by atoms with Crippen molar-refractivity contribution < 1.29 is 19.2 Å². The van der Waals surface area contributed by atoms with E-state index in [1.54, 1.807) is 29.7 Å². The Morgan fingerprint density at radius 2 is 2.04 bits per heavy atom. The van der Waals surface area contributed by atoms with Crippen molar-refractivity contribution in [3.63, 3.8) is 0 Å². The number of aromatic nitrogens is 2. The first-order valence-electron chi connectivity index (χ1n) is 8.80. The molecule has 146 valence electrons. The number of nitrogens with one attached hydrogen (secondary N) is 2. The summed E-state index contributed by atoms with van der Waals surface area (Å²) in [6.45, 7) is 3.27. The van der Waals surface area contributed by atoms with Gasteiger partial charge in [0.25, 0.3) is 5.56 Å². The third kappa shape index (κ3) is 6.07. The number of alkyl carbamates (subject to hydrolysis) is 1. The van der Waals surface area contributed by atoms with E-state index >= 15 is 0 Å². The van der Waals surface area contributed by atoms with E-state index < -0.39 is 12.0 Å². The second kappa shape index (κ2) is 10.1. The summed E-state index contributed by atoms with van der Waals surface area (Å²) in [7, 11) is 4.10. The van der Waals surface area contributed by atoms with Crippen LogP contribution in [0.1, 0.15) is 13.3 Å². The van der Waals surface area contributed by atoms with Gasteiger partial charge in [-0.05, 0) is 19.1 Å². The van der Waals surface area contributed by atoms with E-state index in [0.717, 1.165) is 24.7 Å². The van der Waals surface area contributed by atoms with Crippen LogP contribution in [0, 0.1) is 0 Å². The van der Waals surface area contributed by atoms with Gasteiger partial charge in [-0.25, -0.2) is 9.78 Å². The predicted molar refractivity (Wildman–Crippen MR) is 104 cm³/mol. The zero-order chi connectivity index (χ0) is 19.8. The number of hydrogen-bond donors (Lipinski definition) is 2. The minimum atomic E-state index is -0.777. The Kier molecular flexibility index (Phi) is 7.81. The van der Waals surface area contributed by atoms with Crippen molar-refractivity contribution in [2.45, 2.75) is 25.0 Å². The number of quaternary nitrogens is 1. The van der Waals surface area contributed by atoms with Gasteiger partial charge in [0.15, 0.2) is 5.16 Å². The van der Waals surface area contributed by atoms with Crippen LogP contribution in [0.5, 0.6) is 0 Å². The third-order valence-electron chi connectivity index (χ3n) is 3.73. The summed E-state index contributed by atoms with van der Waals surface area (Å²) in [6.07, 6.45) is 0.0334. The topological polar surface area (TPSA) is 94.7 Å². The maximum Gasteiger partial charge on any atom is 0.413 e. The smallest absolute Gasteiger partial charge is 0.413 e. The van der Waals surface area contributed by atoms with Gasteiger partial charge in [0.2, 0.25) is 5.91 Å². The molecule has 1 heterocycles. The van der Waals surface area contributed by atoms with Crippen molar-refractivity contribution in [1.29, 1.82) is 0 Å². The Morgan fingerprint density at radius 1 is 1.30 bits per heavy atom. The lowest BCUT2D eigenvalue weighted by atomic mass is 10.2. The lowest BCUT2D eigenvalue weighted by Crippen LogP contribution is -3.05. The number of hydrogen-bond acceptors (Lipinski definition) is 6. The largest absolute Gasteiger partial charge is 0.450 e. The van der Waals surface area contributed by atoms with E-state index in [4.69, 9.17) is 0 Å². The van der Waals surface area contributed by atoms with Crippen LogP contribution < -0.4 is 15.8 Å². The SMILES string of the molecule is CCOC(=O)NC(=O)CSc1nc2ccccc2c(=O)n1CCC[NH+](C)C. The summed E-state index contributed by atoms with van der Waals surface area (Å²) in [4.78, 5) is 41.9. The van der Waals surface area contributed by atoms with Crippen LogP contribution in [0.4, 0.5) is 4.79 Å². The van der Waals surface area contributed by atoms with E-state index in [-0.39, 0.29) is 17.9 Å². The molecule has 8 nitrogen and oxygen atoms in total. The fourth-order valence-corrected chi connectivity index (χ4v) is 3.32. The van der Waals surface area contributed by atoms with Crippen molar-refractivity contribution >= 4 is 34.7 Å². The molecule has 2 rings (SSSR count). The van der Waals surface area contributed by atoms with Crippen LogP contribution in [0.25, 0.3) is 10.9 Å². The summed E-state index contributed by atoms with van der Waals surface area (Å²) in [6, 6.07) is 7.14. The molecule has 0 fully saturated rings. The molecule has 0 unspecified atom stereocenters. The number of nitrogens with zero attached hydrogens (tertiary/aromatic N) is 2. The van der Waals surface area contributed by atoms with Crippen LogP contribution in [-0.2, 0) is 16.1 Å². The minimum absolute atomic E-state index is 0.0392. The first kappa shape index (κ1) is 20.9. The Labute approximate surface area is 161 Å². The maximum atomic E-state index is 12.9. The number of imide groups is 1. The van der Waals surface area contributed by atoms with Crippen LogP contribution in [0.15, 0.2) is 34.2 Å². The highest BCUT2D eigenvalue weighted by molar-refractivity contribution is 7.99. The molecule has 1 aromatic carbocycles. The van der Waals surface area contributed by atoms with E-state index in [1.165, 1.54) is 4.90 Å². The summed E-state index contributed by atoms with van der Waals surface area (Å²) in [5.41, 5.74) is 0.466. The molecule has 2 N–H and O–H groups in total. The number of ether oxygens (including phenoxy) is 1. The van der Waals surface area contributed by atoms with E-state index in [1.807, 2.05) is 6.07 Å². The molecule has 27 heavy (non-hydrogen) atoms. The van der Waals surface area contributed by atoms with Crippen molar-refractivity contribution in [2.24, 2.45) is 0 Å². The first-order chi connectivity index (χ1) is 12.9. The van der Waals surface area contributed by atoms with E-state index in [9.17, 15) is 14.4 Å². The zero-order valence-electron chi connectivity index (χ0n) is 15.8. The molecule has 0 radical (unpaired) electrons. The zero-order valence-corrected chi connectivity index (χ0v) is 16.6. The maximum absolute atomic E-state index is 12.9. The Morgan fingerprint density at radius 3 is 2.74 bits per heavy atom. The molecular formula is C18H25N4O4S+. The number of carbonyl (C=O) groups is 2. The van der Waals surface area contributed by atoms with Gasteiger partial charge >= 0.3 is 6.09 Å². The highest BCUT2D eigenvalue weighted by atomic mass is 32.2. The van der Waals surface area contributed by atoms with Gasteiger partial charge in [-0.2, -0.15) is 0 Å². The molecule has 0 aliphatic heterocycles. The summed E-state index contributed by atoms with van der Waals surface area (Å²) < 4.78 is 6.29. The van der Waals surface area contributed by atoms with Crippen LogP contribution in [-0.4, -0.2) is 54.6 Å². The molecule has 0 atom stereocenters. The minimum Gasteiger partial charge on any atom is -0.450 e. The Balaban J connectivity index is 2.20. The second-order valence-electron chi connectivity index (χ2n) is 6.24. The third-order valence-corrected chi connectivity index (χ3v) is 4.71. The standard InChI is InChI=1S/C18H24N4O4S/c1-4-26-18(25)20-15(23)12-27-17-19-14-9-6-5-8-13(14)16(24)22(17)11-7-10-21(2)3/h5-6,8-9H,4,7,10-12H2,1-3H3,(H,20,23,25)/p+1. The fourth-order valence-electron chi connectivity index (χ4n) is 2.49. The van der Waals surface area contributed by atoms with E-state index in [2.05, 4.69) is 29.1 Å². The lowest BCUT2D eigenvalue weighted by molar-refractivity contribution is -0.858. The van der Waals surface area contributed by atoms with E-state index in [0.29, 0.717) is 22.6 Å². The molecule has 2 amide bonds. The van der Waals surface area contributed by atoms with Crippen molar-refractivity contribution in [2.75, 3.05) is 33.0 Å². The second-order valence-corrected chi connectivity index (χ2v) is 7.18. The molecule has 0 saturated carbocycles. The molecule has 0 bridgehead atoms. The summed E-state index contributed by atoms with van der Waals surface area (Å²) in [5.74, 6) is -0.534. The summed E-state index contributed by atoms with van der Waals surface area (Å²) >= 11 is 1.13. The average Bonchev–Trinajstić information content (AvgIpc) is 2.62. The predicted octanol–water partition coefficient (Wildman–Crippen LogP) is 0.296. The number of para-hydroxylation sites is 1. The quantitative estimate of drug-likeness (QED) is 0.495. The molecule has 0 aliphatic rings. The van der Waals surface area contributed by atoms with Crippen molar-refractivity contribution in [3.8, 4) is 0 Å². The van der Waals surface area contributed by atoms with Gasteiger partial charge < -0.3 is 9.64 Å². The Hall–Kier alpha value is -2.39. The highest BCUT2D eigenvalue weighted by Gasteiger charge is 2.15. The van der Waals surface area contributed by atoms with Crippen molar-refractivity contribution in [1.82, 2.24) is 14.9 Å². The average molecular weight is 393 g/mol. The van der Waals surface area contributed by atoms with Gasteiger partial charge in [-0.15, -0.1) is 0 Å². The van der Waals surface area contributed by atoms with Gasteiger partial charge in [-0.1, -0.05) is 23.9 Å². The number of amides is 2. The Bertz CT molecular complexity index is 866. The van der Waals surface area contributed by atoms with Gasteiger partial charge in [-0.3, -0.25) is 19.5 Å². The summed E-state index contributed by atoms with van der Waals surface area (Å²) in [5, 5.41) is 3.16. The van der Waals surface area contributed by atoms with Gasteiger partial charge in [0.1, 0.15) is 0 Å². The monoisotopic (exact) mass is 393 g/mol. The van der Waals surface area contributed by atoms with Gasteiger partial charge in [0, 0.05) is 13.0 Å². The highest BCUT2D eigenvalue weighted by Crippen LogP contribution is 2.17. The van der Waals surface area contributed by atoms with Gasteiger partial charge in [0.05, 0.1) is 43.9 Å². The molecule has 1 aromatic heterocycles. The first-order valence-corrected chi connectivity index (χ1v) is 9.79. The molecule has 2 aromatic rings. The number of thioether (sulfide) groups is 1. The normalized spacial score (nSPS) is 11.0. The van der Waals surface area contributed by atoms with Crippen LogP contribution >= 0.6 is 11.8 Å². The number of carbonyl (C=O) groups excluding carboxylic acids is 2. The molecule has 0 aliphatic carbocycles. The number of rotatable bonds is 8. The van der Waals surface area contributed by atoms with Crippen LogP contribution in [0.2, 0.25) is 0 Å². The molecule has 0 spiro atoms. The number of fused-ring (bicyclic) bond motifs is 1. The molecular weight excluding hydrogens is 368 g/mol. The fraction of sp³-hybridized carbons (Fsp3) is 0.444. The van der Waals surface area contributed by atoms with Crippen molar-refractivity contribution in [3.05, 3.63) is 34.6 Å². The molecule has 9 heteroatoms. The lowest BCUT2D eigenvalue weighted by Gasteiger charge is -2.14. The van der Waals surface area contributed by atoms with Crippen LogP contribution in [0.3, 0.4) is 0 Å². The number of benzene rings is 1.